The van der Waals surface area contributed by atoms with Crippen LogP contribution in [0.4, 0.5) is 0 Å². The summed E-state index contributed by atoms with van der Waals surface area (Å²) in [5.74, 6) is 0.329. The highest BCUT2D eigenvalue weighted by molar-refractivity contribution is 9.10. The van der Waals surface area contributed by atoms with E-state index in [0.29, 0.717) is 13.0 Å². The number of nitrogens with zero attached hydrogens (tertiary/aromatic N) is 1. The van der Waals surface area contributed by atoms with E-state index in [2.05, 4.69) is 21.2 Å². The molecule has 114 valence electrons. The first-order chi connectivity index (χ1) is 9.91. The van der Waals surface area contributed by atoms with Crippen molar-refractivity contribution in [1.29, 1.82) is 0 Å². The van der Waals surface area contributed by atoms with E-state index in [9.17, 15) is 9.59 Å². The summed E-state index contributed by atoms with van der Waals surface area (Å²) < 4.78 is 1.03. The van der Waals surface area contributed by atoms with E-state index in [1.807, 2.05) is 30.2 Å². The Morgan fingerprint density at radius 2 is 2.19 bits per heavy atom. The first-order valence-electron chi connectivity index (χ1n) is 7.25. The minimum absolute atomic E-state index is 0.0157. The first kappa shape index (κ1) is 15.0. The van der Waals surface area contributed by atoms with Crippen LogP contribution >= 0.6 is 27.3 Å². The Balaban J connectivity index is 1.90. The van der Waals surface area contributed by atoms with Gasteiger partial charge in [-0.3, -0.25) is 9.59 Å². The smallest absolute Gasteiger partial charge is 0.248 e. The molecule has 1 saturated heterocycles. The highest BCUT2D eigenvalue weighted by Crippen LogP contribution is 2.42. The predicted molar refractivity (Wildman–Crippen MR) is 85.9 cm³/mol. The van der Waals surface area contributed by atoms with Gasteiger partial charge < -0.3 is 10.2 Å². The molecule has 2 atom stereocenters. The molecule has 0 spiro atoms. The molecule has 2 fully saturated rings. The lowest BCUT2D eigenvalue weighted by molar-refractivity contribution is -0.140. The first-order valence-corrected chi connectivity index (χ1v) is 8.93. The molecule has 0 aromatic carbocycles. The van der Waals surface area contributed by atoms with Gasteiger partial charge in [0.1, 0.15) is 5.54 Å². The summed E-state index contributed by atoms with van der Waals surface area (Å²) in [5, 5.41) is 4.99. The van der Waals surface area contributed by atoms with Crippen LogP contribution in [-0.2, 0) is 16.1 Å². The molecular weight excluding hydrogens is 352 g/mol. The molecule has 1 aromatic heterocycles. The van der Waals surface area contributed by atoms with E-state index >= 15 is 0 Å². The molecule has 2 amide bonds. The monoisotopic (exact) mass is 370 g/mol. The normalized spacial score (nSPS) is 30.2. The lowest BCUT2D eigenvalue weighted by Crippen LogP contribution is -2.57. The van der Waals surface area contributed by atoms with Gasteiger partial charge in [-0.25, -0.2) is 0 Å². The number of rotatable bonds is 3. The number of thiophene rings is 1. The van der Waals surface area contributed by atoms with Gasteiger partial charge in [-0.1, -0.05) is 0 Å². The average molecular weight is 371 g/mol. The maximum Gasteiger partial charge on any atom is 0.248 e. The summed E-state index contributed by atoms with van der Waals surface area (Å²) >= 11 is 5.16. The van der Waals surface area contributed by atoms with Crippen molar-refractivity contribution in [2.24, 2.45) is 5.92 Å². The van der Waals surface area contributed by atoms with Gasteiger partial charge in [0.25, 0.3) is 0 Å². The van der Waals surface area contributed by atoms with Crippen LogP contribution in [0.5, 0.6) is 0 Å². The van der Waals surface area contributed by atoms with E-state index in [1.54, 1.807) is 11.3 Å². The van der Waals surface area contributed by atoms with E-state index in [-0.39, 0.29) is 23.8 Å². The highest BCUT2D eigenvalue weighted by atomic mass is 79.9. The lowest BCUT2D eigenvalue weighted by atomic mass is 9.94. The molecule has 21 heavy (non-hydrogen) atoms. The fourth-order valence-electron chi connectivity index (χ4n) is 3.03. The fraction of sp³-hybridized carbons (Fsp3) is 0.600. The Bertz CT molecular complexity index is 584. The Morgan fingerprint density at radius 1 is 1.48 bits per heavy atom. The molecule has 0 radical (unpaired) electrons. The zero-order valence-electron chi connectivity index (χ0n) is 12.2. The molecule has 2 heterocycles. The van der Waals surface area contributed by atoms with Gasteiger partial charge in [-0.15, -0.1) is 11.3 Å². The molecule has 1 saturated carbocycles. The topological polar surface area (TPSA) is 49.4 Å². The van der Waals surface area contributed by atoms with Gasteiger partial charge in [-0.05, 0) is 60.0 Å². The molecule has 2 unspecified atom stereocenters. The van der Waals surface area contributed by atoms with E-state index in [4.69, 9.17) is 0 Å². The second-order valence-electron chi connectivity index (χ2n) is 6.20. The third-order valence-corrected chi connectivity index (χ3v) is 6.43. The zero-order chi connectivity index (χ0) is 15.2. The minimum Gasteiger partial charge on any atom is -0.342 e. The van der Waals surface area contributed by atoms with Crippen molar-refractivity contribution in [1.82, 2.24) is 10.2 Å². The molecule has 4 nitrogen and oxygen atoms in total. The van der Waals surface area contributed by atoms with E-state index < -0.39 is 5.54 Å². The maximum absolute atomic E-state index is 13.0. The van der Waals surface area contributed by atoms with Crippen LogP contribution in [0.15, 0.2) is 15.9 Å². The number of carbonyl (C=O) groups is 2. The largest absolute Gasteiger partial charge is 0.342 e. The Labute approximate surface area is 137 Å². The van der Waals surface area contributed by atoms with Gasteiger partial charge in [0.2, 0.25) is 11.8 Å². The van der Waals surface area contributed by atoms with Crippen LogP contribution in [0.3, 0.4) is 0 Å². The molecule has 3 rings (SSSR count). The van der Waals surface area contributed by atoms with Crippen LogP contribution in [-0.4, -0.2) is 28.3 Å². The van der Waals surface area contributed by atoms with Crippen molar-refractivity contribution in [3.05, 3.63) is 20.8 Å². The molecular formula is C15H19BrN2O2S. The molecule has 6 heteroatoms. The van der Waals surface area contributed by atoms with Gasteiger partial charge >= 0.3 is 0 Å². The molecule has 1 aliphatic carbocycles. The average Bonchev–Trinajstić information content (AvgIpc) is 3.19. The Kier molecular flexibility index (Phi) is 3.86. The predicted octanol–water partition coefficient (Wildman–Crippen LogP) is 2.92. The summed E-state index contributed by atoms with van der Waals surface area (Å²) in [6.45, 7) is 4.41. The van der Waals surface area contributed by atoms with Gasteiger partial charge in [-0.2, -0.15) is 0 Å². The van der Waals surface area contributed by atoms with E-state index in [1.165, 1.54) is 0 Å². The van der Waals surface area contributed by atoms with Crippen molar-refractivity contribution >= 4 is 39.1 Å². The zero-order valence-corrected chi connectivity index (χ0v) is 14.6. The number of hydrogen-bond acceptors (Lipinski definition) is 3. The van der Waals surface area contributed by atoms with Gasteiger partial charge in [0, 0.05) is 21.8 Å². The summed E-state index contributed by atoms with van der Waals surface area (Å²) in [6.07, 6.45) is 2.41. The quantitative estimate of drug-likeness (QED) is 0.888. The van der Waals surface area contributed by atoms with Gasteiger partial charge in [0.05, 0.1) is 6.54 Å². The van der Waals surface area contributed by atoms with Crippen LogP contribution < -0.4 is 5.32 Å². The summed E-state index contributed by atoms with van der Waals surface area (Å²) in [7, 11) is 0. The number of hydrogen-bond donors (Lipinski definition) is 1. The molecule has 1 N–H and O–H groups in total. The molecule has 1 aromatic rings. The van der Waals surface area contributed by atoms with Crippen molar-refractivity contribution in [3.63, 3.8) is 0 Å². The number of carbonyl (C=O) groups excluding carboxylic acids is 2. The summed E-state index contributed by atoms with van der Waals surface area (Å²) in [6, 6.07) is 1.92. The SMILES string of the molecule is CC1CC(=O)NC(C)(C2CC2)C(=O)N1Cc1sccc1Br. The number of nitrogens with one attached hydrogen (secondary N) is 1. The Hall–Kier alpha value is -0.880. The lowest BCUT2D eigenvalue weighted by Gasteiger charge is -2.34. The van der Waals surface area contributed by atoms with E-state index in [0.717, 1.165) is 22.2 Å². The summed E-state index contributed by atoms with van der Waals surface area (Å²) in [4.78, 5) is 28.1. The highest BCUT2D eigenvalue weighted by Gasteiger charge is 2.52. The fourth-order valence-corrected chi connectivity index (χ4v) is 4.50. The second kappa shape index (κ2) is 5.39. The summed E-state index contributed by atoms with van der Waals surface area (Å²) in [5.41, 5.74) is -0.731. The van der Waals surface area contributed by atoms with Crippen LogP contribution in [0.25, 0.3) is 0 Å². The second-order valence-corrected chi connectivity index (χ2v) is 8.06. The Morgan fingerprint density at radius 3 is 2.76 bits per heavy atom. The van der Waals surface area contributed by atoms with Crippen LogP contribution in [0, 0.1) is 5.92 Å². The number of amides is 2. The number of halogens is 1. The molecule has 1 aliphatic heterocycles. The molecule has 2 aliphatic rings. The standard InChI is InChI=1S/C15H19BrN2O2S/c1-9-7-13(19)17-15(2,10-3-4-10)14(20)18(9)8-12-11(16)5-6-21-12/h5-6,9-10H,3-4,7-8H2,1-2H3,(H,17,19). The van der Waals surface area contributed by atoms with Crippen molar-refractivity contribution in [2.45, 2.75) is 51.2 Å². The van der Waals surface area contributed by atoms with Crippen molar-refractivity contribution < 1.29 is 9.59 Å². The van der Waals surface area contributed by atoms with Crippen molar-refractivity contribution in [3.8, 4) is 0 Å². The molecule has 0 bridgehead atoms. The van der Waals surface area contributed by atoms with Gasteiger partial charge in [0.15, 0.2) is 0 Å². The minimum atomic E-state index is -0.731. The third kappa shape index (κ3) is 2.75. The van der Waals surface area contributed by atoms with Crippen LogP contribution in [0.1, 0.15) is 38.0 Å². The van der Waals surface area contributed by atoms with Crippen molar-refractivity contribution in [2.75, 3.05) is 0 Å². The maximum atomic E-state index is 13.0. The third-order valence-electron chi connectivity index (χ3n) is 4.52. The van der Waals surface area contributed by atoms with Crippen LogP contribution in [0.2, 0.25) is 0 Å².